The van der Waals surface area contributed by atoms with Gasteiger partial charge in [0.1, 0.15) is 12.3 Å². The summed E-state index contributed by atoms with van der Waals surface area (Å²) in [6, 6.07) is 9.07. The van der Waals surface area contributed by atoms with Crippen LogP contribution in [-0.2, 0) is 14.4 Å². The molecule has 0 aromatic heterocycles. The second-order valence-electron chi connectivity index (χ2n) is 6.26. The average molecular weight is 342 g/mol. The summed E-state index contributed by atoms with van der Waals surface area (Å²) in [5.74, 6) is -0.669. The third kappa shape index (κ3) is 4.43. The van der Waals surface area contributed by atoms with E-state index in [1.807, 2.05) is 18.2 Å². The van der Waals surface area contributed by atoms with Crippen LogP contribution in [0.15, 0.2) is 35.4 Å². The van der Waals surface area contributed by atoms with E-state index in [1.165, 1.54) is 0 Å². The number of amides is 3. The lowest BCUT2D eigenvalue weighted by Gasteiger charge is -2.29. The molecule has 3 rings (SSSR count). The summed E-state index contributed by atoms with van der Waals surface area (Å²) < 4.78 is 0. The number of hydrogen-bond acceptors (Lipinski definition) is 4. The van der Waals surface area contributed by atoms with Crippen LogP contribution in [0.4, 0.5) is 5.69 Å². The highest BCUT2D eigenvalue weighted by Crippen LogP contribution is 2.14. The maximum absolute atomic E-state index is 12.3. The molecule has 25 heavy (non-hydrogen) atoms. The molecule has 1 saturated heterocycles. The first-order valence-electron chi connectivity index (χ1n) is 8.65. The first-order chi connectivity index (χ1) is 12.1. The minimum atomic E-state index is -0.339. The van der Waals surface area contributed by atoms with Gasteiger partial charge in [-0.3, -0.25) is 14.4 Å². The number of carbonyl (C=O) groups excluding carboxylic acids is 3. The normalized spacial score (nSPS) is 17.9. The Kier molecular flexibility index (Phi) is 5.42. The van der Waals surface area contributed by atoms with Crippen LogP contribution in [0.5, 0.6) is 0 Å². The lowest BCUT2D eigenvalue weighted by molar-refractivity contribution is -0.141. The molecule has 1 aromatic rings. The van der Waals surface area contributed by atoms with Gasteiger partial charge in [-0.2, -0.15) is 5.10 Å². The van der Waals surface area contributed by atoms with Gasteiger partial charge in [-0.1, -0.05) is 18.2 Å². The van der Waals surface area contributed by atoms with Gasteiger partial charge in [0.05, 0.1) is 0 Å². The van der Waals surface area contributed by atoms with E-state index in [4.69, 9.17) is 0 Å². The Morgan fingerprint density at radius 2 is 1.76 bits per heavy atom. The van der Waals surface area contributed by atoms with Crippen LogP contribution in [0.3, 0.4) is 0 Å². The van der Waals surface area contributed by atoms with Gasteiger partial charge in [0.25, 0.3) is 5.91 Å². The fourth-order valence-corrected chi connectivity index (χ4v) is 2.98. The molecular formula is C18H22N4O3. The van der Waals surface area contributed by atoms with Crippen LogP contribution in [0.1, 0.15) is 32.1 Å². The molecule has 0 aliphatic carbocycles. The van der Waals surface area contributed by atoms with Crippen molar-refractivity contribution < 1.29 is 14.4 Å². The summed E-state index contributed by atoms with van der Waals surface area (Å²) in [7, 11) is 0. The van der Waals surface area contributed by atoms with Gasteiger partial charge < -0.3 is 10.2 Å². The third-order valence-corrected chi connectivity index (χ3v) is 4.39. The molecule has 1 N–H and O–H groups in total. The Morgan fingerprint density at radius 1 is 1.04 bits per heavy atom. The number of rotatable bonds is 4. The fourth-order valence-electron chi connectivity index (χ4n) is 2.98. The van der Waals surface area contributed by atoms with Crippen molar-refractivity contribution in [2.24, 2.45) is 5.10 Å². The number of likely N-dealkylation sites (tertiary alicyclic amines) is 1. The maximum atomic E-state index is 12.3. The number of benzene rings is 1. The molecule has 1 fully saturated rings. The Bertz CT molecular complexity index is 681. The van der Waals surface area contributed by atoms with E-state index >= 15 is 0 Å². The quantitative estimate of drug-likeness (QED) is 0.902. The number of nitrogens with one attached hydrogen (secondary N) is 1. The number of hydrogen-bond donors (Lipinski definition) is 1. The van der Waals surface area contributed by atoms with Crippen LogP contribution in [0.2, 0.25) is 0 Å². The standard InChI is InChI=1S/C18H22N4O3/c23-16-10-9-15(18(25)19-14-7-3-1-4-8-14)20-22(16)13-17(24)21-11-5-2-6-12-21/h1,3-4,7-8H,2,5-6,9-13H2,(H,19,25). The highest BCUT2D eigenvalue weighted by Gasteiger charge is 2.28. The Morgan fingerprint density at radius 3 is 2.48 bits per heavy atom. The molecule has 0 atom stereocenters. The minimum Gasteiger partial charge on any atom is -0.341 e. The molecule has 0 spiro atoms. The summed E-state index contributed by atoms with van der Waals surface area (Å²) in [5.41, 5.74) is 0.943. The summed E-state index contributed by atoms with van der Waals surface area (Å²) in [4.78, 5) is 38.5. The number of para-hydroxylation sites is 1. The molecule has 0 radical (unpaired) electrons. The zero-order chi connectivity index (χ0) is 17.6. The van der Waals surface area contributed by atoms with Gasteiger partial charge in [0.2, 0.25) is 11.8 Å². The number of carbonyl (C=O) groups is 3. The minimum absolute atomic E-state index is 0.0963. The highest BCUT2D eigenvalue weighted by molar-refractivity contribution is 6.43. The van der Waals surface area contributed by atoms with Crippen LogP contribution >= 0.6 is 0 Å². The fraction of sp³-hybridized carbons (Fsp3) is 0.444. The molecule has 132 valence electrons. The van der Waals surface area contributed by atoms with Gasteiger partial charge in [-0.25, -0.2) is 5.01 Å². The van der Waals surface area contributed by atoms with Crippen LogP contribution in [0.25, 0.3) is 0 Å². The molecule has 2 aliphatic rings. The molecule has 1 aromatic carbocycles. The summed E-state index contributed by atoms with van der Waals surface area (Å²) in [6.45, 7) is 1.36. The molecule has 0 bridgehead atoms. The van der Waals surface area contributed by atoms with E-state index < -0.39 is 0 Å². The monoisotopic (exact) mass is 342 g/mol. The van der Waals surface area contributed by atoms with E-state index in [1.54, 1.807) is 17.0 Å². The maximum Gasteiger partial charge on any atom is 0.271 e. The van der Waals surface area contributed by atoms with Crippen molar-refractivity contribution in [2.45, 2.75) is 32.1 Å². The molecule has 2 heterocycles. The molecule has 7 nitrogen and oxygen atoms in total. The topological polar surface area (TPSA) is 82.1 Å². The first-order valence-corrected chi connectivity index (χ1v) is 8.65. The van der Waals surface area contributed by atoms with Gasteiger partial charge >= 0.3 is 0 Å². The van der Waals surface area contributed by atoms with Crippen molar-refractivity contribution in [1.82, 2.24) is 9.91 Å². The lowest BCUT2D eigenvalue weighted by Crippen LogP contribution is -2.45. The number of nitrogens with zero attached hydrogens (tertiary/aromatic N) is 3. The van der Waals surface area contributed by atoms with Crippen LogP contribution in [-0.4, -0.2) is 53.0 Å². The second-order valence-corrected chi connectivity index (χ2v) is 6.26. The Labute approximate surface area is 146 Å². The largest absolute Gasteiger partial charge is 0.341 e. The van der Waals surface area contributed by atoms with Crippen molar-refractivity contribution in [3.05, 3.63) is 30.3 Å². The zero-order valence-electron chi connectivity index (χ0n) is 14.1. The summed E-state index contributed by atoms with van der Waals surface area (Å²) in [5, 5.41) is 8.03. The molecular weight excluding hydrogens is 320 g/mol. The van der Waals surface area contributed by atoms with Gasteiger partial charge in [0.15, 0.2) is 0 Å². The number of anilines is 1. The second kappa shape index (κ2) is 7.92. The summed E-state index contributed by atoms with van der Waals surface area (Å²) in [6.07, 6.45) is 3.59. The van der Waals surface area contributed by atoms with E-state index in [9.17, 15) is 14.4 Å². The predicted molar refractivity (Wildman–Crippen MR) is 93.9 cm³/mol. The zero-order valence-corrected chi connectivity index (χ0v) is 14.1. The summed E-state index contributed by atoms with van der Waals surface area (Å²) >= 11 is 0. The third-order valence-electron chi connectivity index (χ3n) is 4.39. The van der Waals surface area contributed by atoms with E-state index in [0.717, 1.165) is 37.4 Å². The highest BCUT2D eigenvalue weighted by atomic mass is 16.2. The molecule has 0 saturated carbocycles. The Balaban J connectivity index is 1.64. The van der Waals surface area contributed by atoms with Crippen LogP contribution < -0.4 is 5.32 Å². The predicted octanol–water partition coefficient (Wildman–Crippen LogP) is 1.62. The Hall–Kier alpha value is -2.70. The van der Waals surface area contributed by atoms with Gasteiger partial charge in [-0.15, -0.1) is 0 Å². The molecule has 0 unspecified atom stereocenters. The molecule has 3 amide bonds. The molecule has 7 heteroatoms. The van der Waals surface area contributed by atoms with Crippen LogP contribution in [0, 0.1) is 0 Å². The number of hydrazone groups is 1. The van der Waals surface area contributed by atoms with E-state index in [2.05, 4.69) is 10.4 Å². The SMILES string of the molecule is O=C(Nc1ccccc1)C1=NN(CC(=O)N2CCCCC2)C(=O)CC1. The number of piperidine rings is 1. The van der Waals surface area contributed by atoms with Gasteiger partial charge in [0, 0.05) is 31.6 Å². The van der Waals surface area contributed by atoms with Crippen molar-refractivity contribution in [1.29, 1.82) is 0 Å². The lowest BCUT2D eigenvalue weighted by atomic mass is 10.1. The van der Waals surface area contributed by atoms with Crippen molar-refractivity contribution >= 4 is 29.1 Å². The van der Waals surface area contributed by atoms with E-state index in [-0.39, 0.29) is 42.8 Å². The first kappa shape index (κ1) is 17.1. The van der Waals surface area contributed by atoms with Crippen molar-refractivity contribution in [2.75, 3.05) is 25.0 Å². The molecule has 2 aliphatic heterocycles. The smallest absolute Gasteiger partial charge is 0.271 e. The van der Waals surface area contributed by atoms with Crippen molar-refractivity contribution in [3.8, 4) is 0 Å². The van der Waals surface area contributed by atoms with Crippen molar-refractivity contribution in [3.63, 3.8) is 0 Å². The van der Waals surface area contributed by atoms with Gasteiger partial charge in [-0.05, 0) is 31.4 Å². The average Bonchev–Trinajstić information content (AvgIpc) is 2.65. The van der Waals surface area contributed by atoms with E-state index in [0.29, 0.717) is 5.69 Å².